The van der Waals surface area contributed by atoms with E-state index in [-0.39, 0.29) is 22.8 Å². The van der Waals surface area contributed by atoms with Crippen LogP contribution < -0.4 is 10.2 Å². The number of nitrogens with one attached hydrogen (secondary N) is 1. The maximum absolute atomic E-state index is 13.0. The van der Waals surface area contributed by atoms with Crippen molar-refractivity contribution in [1.82, 2.24) is 5.32 Å². The van der Waals surface area contributed by atoms with Gasteiger partial charge in [0.15, 0.2) is 0 Å². The summed E-state index contributed by atoms with van der Waals surface area (Å²) in [7, 11) is 0. The highest BCUT2D eigenvalue weighted by molar-refractivity contribution is 6.09. The Kier molecular flexibility index (Phi) is 3.61. The highest BCUT2D eigenvalue weighted by Crippen LogP contribution is 2.47. The van der Waals surface area contributed by atoms with E-state index in [0.29, 0.717) is 25.0 Å². The van der Waals surface area contributed by atoms with Crippen molar-refractivity contribution in [1.29, 1.82) is 0 Å². The second-order valence-electron chi connectivity index (χ2n) is 6.96. The first-order chi connectivity index (χ1) is 11.6. The molecule has 0 atom stereocenters. The third kappa shape index (κ3) is 2.40. The second-order valence-corrected chi connectivity index (χ2v) is 6.96. The number of rotatable bonds is 1. The average molecular weight is 326 g/mol. The predicted octanol–water partition coefficient (Wildman–Crippen LogP) is 2.52. The van der Waals surface area contributed by atoms with E-state index in [1.165, 1.54) is 0 Å². The summed E-state index contributed by atoms with van der Waals surface area (Å²) in [6, 6.07) is 5.30. The Balaban J connectivity index is 1.73. The summed E-state index contributed by atoms with van der Waals surface area (Å²) in [5.41, 5.74) is 2.43. The molecule has 0 bridgehead atoms. The molecule has 0 saturated carbocycles. The molecule has 1 saturated heterocycles. The van der Waals surface area contributed by atoms with Crippen LogP contribution in [0.5, 0.6) is 5.75 Å². The molecule has 0 aromatic heterocycles. The highest BCUT2D eigenvalue weighted by atomic mass is 16.3. The summed E-state index contributed by atoms with van der Waals surface area (Å²) in [6.45, 7) is 2.47. The number of carbonyl (C=O) groups is 1. The van der Waals surface area contributed by atoms with Gasteiger partial charge in [-0.25, -0.2) is 0 Å². The van der Waals surface area contributed by atoms with Gasteiger partial charge in [-0.3, -0.25) is 4.79 Å². The minimum atomic E-state index is -0.0873. The van der Waals surface area contributed by atoms with Gasteiger partial charge in [-0.05, 0) is 62.2 Å². The molecule has 5 nitrogen and oxygen atoms in total. The molecule has 1 aromatic rings. The van der Waals surface area contributed by atoms with Gasteiger partial charge in [0, 0.05) is 29.6 Å². The number of phenols is 1. The van der Waals surface area contributed by atoms with Crippen molar-refractivity contribution in [3.63, 3.8) is 0 Å². The first-order valence-electron chi connectivity index (χ1n) is 8.55. The number of fused-ring (bicyclic) bond motifs is 2. The van der Waals surface area contributed by atoms with Crippen molar-refractivity contribution in [3.05, 3.63) is 47.2 Å². The summed E-state index contributed by atoms with van der Waals surface area (Å²) < 4.78 is 0. The Bertz CT molecular complexity index is 745. The number of aliphatic hydroxyl groups is 1. The lowest BCUT2D eigenvalue weighted by Gasteiger charge is -2.34. The van der Waals surface area contributed by atoms with E-state index < -0.39 is 0 Å². The zero-order valence-corrected chi connectivity index (χ0v) is 13.6. The van der Waals surface area contributed by atoms with Crippen LogP contribution in [0.15, 0.2) is 41.7 Å². The van der Waals surface area contributed by atoms with Crippen LogP contribution >= 0.6 is 0 Å². The number of allylic oxidation sites excluding steroid dienone is 2. The van der Waals surface area contributed by atoms with Crippen LogP contribution in [0.3, 0.4) is 0 Å². The average Bonchev–Trinajstić information content (AvgIpc) is 2.88. The second kappa shape index (κ2) is 5.67. The molecule has 1 amide bonds. The van der Waals surface area contributed by atoms with Crippen molar-refractivity contribution >= 4 is 11.6 Å². The molecule has 3 aliphatic rings. The number of aromatic hydroxyl groups is 1. The summed E-state index contributed by atoms with van der Waals surface area (Å²) >= 11 is 0. The first-order valence-corrected chi connectivity index (χ1v) is 8.55. The number of nitrogens with zero attached hydrogens (tertiary/aromatic N) is 1. The smallest absolute Gasteiger partial charge is 0.258 e. The molecule has 1 aliphatic carbocycles. The number of phenolic OH excluding ortho intramolecular Hbond substituents is 1. The number of aliphatic hydroxyl groups excluding tert-OH is 1. The van der Waals surface area contributed by atoms with Crippen molar-refractivity contribution in [3.8, 4) is 5.75 Å². The zero-order chi connectivity index (χ0) is 16.7. The molecule has 126 valence electrons. The third-order valence-electron chi connectivity index (χ3n) is 5.44. The topological polar surface area (TPSA) is 72.8 Å². The largest absolute Gasteiger partial charge is 0.512 e. The number of anilines is 1. The molecule has 0 unspecified atom stereocenters. The molecule has 2 heterocycles. The van der Waals surface area contributed by atoms with Gasteiger partial charge in [-0.2, -0.15) is 0 Å². The number of piperidine rings is 1. The van der Waals surface area contributed by atoms with Crippen LogP contribution in [0, 0.1) is 0 Å². The minimum absolute atomic E-state index is 0.0661. The number of hydrogen-bond acceptors (Lipinski definition) is 4. The van der Waals surface area contributed by atoms with E-state index in [1.807, 2.05) is 23.1 Å². The number of carbonyl (C=O) groups excluding carboxylic acids is 1. The Morgan fingerprint density at radius 3 is 2.75 bits per heavy atom. The maximum Gasteiger partial charge on any atom is 0.258 e. The van der Waals surface area contributed by atoms with Gasteiger partial charge in [0.2, 0.25) is 0 Å². The van der Waals surface area contributed by atoms with Gasteiger partial charge in [0.25, 0.3) is 5.91 Å². The van der Waals surface area contributed by atoms with Crippen LogP contribution in [0.25, 0.3) is 0 Å². The van der Waals surface area contributed by atoms with E-state index >= 15 is 0 Å². The predicted molar refractivity (Wildman–Crippen MR) is 92.3 cm³/mol. The van der Waals surface area contributed by atoms with E-state index in [9.17, 15) is 15.0 Å². The number of amides is 1. The quantitative estimate of drug-likeness (QED) is 0.741. The summed E-state index contributed by atoms with van der Waals surface area (Å²) in [6.07, 6.45) is 6.67. The van der Waals surface area contributed by atoms with Crippen molar-refractivity contribution in [2.45, 2.75) is 31.1 Å². The molecule has 24 heavy (non-hydrogen) atoms. The summed E-state index contributed by atoms with van der Waals surface area (Å²) in [4.78, 5) is 14.9. The molecule has 3 N–H and O–H groups in total. The Hall–Kier alpha value is -2.27. The monoisotopic (exact) mass is 326 g/mol. The fourth-order valence-corrected chi connectivity index (χ4v) is 4.16. The van der Waals surface area contributed by atoms with Gasteiger partial charge in [-0.15, -0.1) is 0 Å². The van der Waals surface area contributed by atoms with Crippen LogP contribution in [0.4, 0.5) is 5.69 Å². The van der Waals surface area contributed by atoms with Crippen molar-refractivity contribution in [2.24, 2.45) is 0 Å². The summed E-state index contributed by atoms with van der Waals surface area (Å²) in [5.74, 6) is 0.446. The van der Waals surface area contributed by atoms with Gasteiger partial charge in [-0.1, -0.05) is 6.08 Å². The van der Waals surface area contributed by atoms with Gasteiger partial charge in [0.1, 0.15) is 5.75 Å². The van der Waals surface area contributed by atoms with Gasteiger partial charge >= 0.3 is 0 Å². The first kappa shape index (κ1) is 15.3. The SMILES string of the molecule is O=C(C1=CCCC(O)=C1)N1CC2(CCNCC2)c2cc(O)ccc21. The highest BCUT2D eigenvalue weighted by Gasteiger charge is 2.45. The molecular formula is C19H22N2O3. The number of hydrogen-bond donors (Lipinski definition) is 3. The zero-order valence-electron chi connectivity index (χ0n) is 13.6. The Morgan fingerprint density at radius 2 is 2.00 bits per heavy atom. The molecule has 2 aliphatic heterocycles. The van der Waals surface area contributed by atoms with E-state index in [4.69, 9.17) is 0 Å². The number of benzene rings is 1. The molecule has 0 radical (unpaired) electrons. The summed E-state index contributed by atoms with van der Waals surface area (Å²) in [5, 5.41) is 23.1. The molecule has 1 fully saturated rings. The van der Waals surface area contributed by atoms with Crippen LogP contribution in [-0.2, 0) is 10.2 Å². The van der Waals surface area contributed by atoms with Gasteiger partial charge < -0.3 is 20.4 Å². The van der Waals surface area contributed by atoms with E-state index in [1.54, 1.807) is 12.1 Å². The van der Waals surface area contributed by atoms with E-state index in [2.05, 4.69) is 5.32 Å². The fourth-order valence-electron chi connectivity index (χ4n) is 4.16. The van der Waals surface area contributed by atoms with Crippen LogP contribution in [-0.4, -0.2) is 35.8 Å². The Morgan fingerprint density at radius 1 is 1.21 bits per heavy atom. The maximum atomic E-state index is 13.0. The van der Waals surface area contributed by atoms with E-state index in [0.717, 1.165) is 37.2 Å². The molecule has 1 spiro atoms. The lowest BCUT2D eigenvalue weighted by atomic mass is 9.75. The van der Waals surface area contributed by atoms with Gasteiger partial charge in [0.05, 0.1) is 5.76 Å². The molecule has 4 rings (SSSR count). The van der Waals surface area contributed by atoms with Crippen LogP contribution in [0.1, 0.15) is 31.2 Å². The lowest BCUT2D eigenvalue weighted by Crippen LogP contribution is -2.44. The lowest BCUT2D eigenvalue weighted by molar-refractivity contribution is -0.115. The van der Waals surface area contributed by atoms with Crippen molar-refractivity contribution in [2.75, 3.05) is 24.5 Å². The van der Waals surface area contributed by atoms with Crippen LogP contribution in [0.2, 0.25) is 0 Å². The minimum Gasteiger partial charge on any atom is -0.512 e. The molecule has 5 heteroatoms. The molecule has 1 aromatic carbocycles. The third-order valence-corrected chi connectivity index (χ3v) is 5.44. The Labute approximate surface area is 141 Å². The normalized spacial score (nSPS) is 22.1. The fraction of sp³-hybridized carbons (Fsp3) is 0.421. The van der Waals surface area contributed by atoms with Crippen molar-refractivity contribution < 1.29 is 15.0 Å². The standard InChI is InChI=1S/C19H22N2O3/c22-14-3-1-2-13(10-14)18(24)21-12-19(6-8-20-9-7-19)16-11-15(23)4-5-17(16)21/h2,4-5,10-11,20,22-23H,1,3,6-9,12H2. The molecular weight excluding hydrogens is 304 g/mol.